The average Bonchev–Trinajstić information content (AvgIpc) is 2.38. The number of nitrogens with two attached hydrogens (primary N) is 1. The van der Waals surface area contributed by atoms with Gasteiger partial charge in [0.15, 0.2) is 0 Å². The smallest absolute Gasteiger partial charge is 0.264 e. The second-order valence-electron chi connectivity index (χ2n) is 6.00. The van der Waals surface area contributed by atoms with Crippen molar-refractivity contribution in [1.29, 1.82) is 0 Å². The predicted molar refractivity (Wildman–Crippen MR) is 79.0 cm³/mol. The highest BCUT2D eigenvalue weighted by atomic mass is 16.2. The summed E-state index contributed by atoms with van der Waals surface area (Å²) in [7, 11) is 0. The van der Waals surface area contributed by atoms with Crippen LogP contribution in [0.5, 0.6) is 0 Å². The van der Waals surface area contributed by atoms with Crippen LogP contribution in [0.1, 0.15) is 18.7 Å². The van der Waals surface area contributed by atoms with Gasteiger partial charge in [0.1, 0.15) is 11.4 Å². The van der Waals surface area contributed by atoms with Crippen molar-refractivity contribution < 1.29 is 9.59 Å². The van der Waals surface area contributed by atoms with Crippen LogP contribution in [0.2, 0.25) is 0 Å². The van der Waals surface area contributed by atoms with Gasteiger partial charge < -0.3 is 5.73 Å². The minimum absolute atomic E-state index is 0.215. The Bertz CT molecular complexity index is 909. The standard InChI is InChI=1S/C15H14N4O3/c1-7-17-10-4-2-3-9(16)11(10)13(21)19(7)15-5-8(6-15)12(20)18-14(15)22/h2-4,8H,5-6,16H2,1H3,(H,18,20,22). The van der Waals surface area contributed by atoms with Gasteiger partial charge in [0.2, 0.25) is 5.91 Å². The maximum Gasteiger partial charge on any atom is 0.264 e. The maximum atomic E-state index is 12.9. The fraction of sp³-hybridized carbons (Fsp3) is 0.333. The summed E-state index contributed by atoms with van der Waals surface area (Å²) in [5, 5.41) is 2.65. The van der Waals surface area contributed by atoms with E-state index in [9.17, 15) is 14.4 Å². The third-order valence-corrected chi connectivity index (χ3v) is 4.72. The van der Waals surface area contributed by atoms with E-state index in [1.807, 2.05) is 0 Å². The van der Waals surface area contributed by atoms with Crippen molar-refractivity contribution in [3.05, 3.63) is 34.4 Å². The summed E-state index contributed by atoms with van der Waals surface area (Å²) in [6.07, 6.45) is 0.691. The number of fused-ring (bicyclic) bond motifs is 3. The Kier molecular flexibility index (Phi) is 2.33. The number of piperidine rings is 2. The molecule has 1 aromatic carbocycles. The first-order chi connectivity index (χ1) is 10.4. The van der Waals surface area contributed by atoms with E-state index in [1.54, 1.807) is 25.1 Å². The Morgan fingerprint density at radius 3 is 2.73 bits per heavy atom. The molecule has 0 unspecified atom stereocenters. The summed E-state index contributed by atoms with van der Waals surface area (Å²) in [4.78, 5) is 41.3. The lowest BCUT2D eigenvalue weighted by molar-refractivity contribution is -0.157. The minimum atomic E-state index is -1.01. The minimum Gasteiger partial charge on any atom is -0.398 e. The van der Waals surface area contributed by atoms with Crippen LogP contribution in [0.15, 0.2) is 23.0 Å². The molecular weight excluding hydrogens is 284 g/mol. The van der Waals surface area contributed by atoms with Gasteiger partial charge in [-0.15, -0.1) is 0 Å². The van der Waals surface area contributed by atoms with Crippen LogP contribution in [0, 0.1) is 12.8 Å². The first-order valence-electron chi connectivity index (χ1n) is 7.08. The highest BCUT2D eigenvalue weighted by Gasteiger charge is 2.59. The molecule has 7 nitrogen and oxygen atoms in total. The average molecular weight is 298 g/mol. The summed E-state index contributed by atoms with van der Waals surface area (Å²) in [6, 6.07) is 5.09. The number of aromatic nitrogens is 2. The fourth-order valence-corrected chi connectivity index (χ4v) is 3.61. The second kappa shape index (κ2) is 3.94. The van der Waals surface area contributed by atoms with Gasteiger partial charge in [-0.1, -0.05) is 6.07 Å². The van der Waals surface area contributed by atoms with E-state index in [0.717, 1.165) is 0 Å². The number of imide groups is 1. The van der Waals surface area contributed by atoms with Crippen molar-refractivity contribution in [1.82, 2.24) is 14.9 Å². The molecule has 2 amide bonds. The topological polar surface area (TPSA) is 107 Å². The number of hydrogen-bond donors (Lipinski definition) is 2. The zero-order chi connectivity index (χ0) is 15.6. The Hall–Kier alpha value is -2.70. The Morgan fingerprint density at radius 2 is 2.05 bits per heavy atom. The molecule has 3 fully saturated rings. The number of carbonyl (C=O) groups excluding carboxylic acids is 2. The van der Waals surface area contributed by atoms with Crippen LogP contribution in [-0.2, 0) is 15.1 Å². The molecule has 0 radical (unpaired) electrons. The first-order valence-corrected chi connectivity index (χ1v) is 7.08. The van der Waals surface area contributed by atoms with Gasteiger partial charge in [0.25, 0.3) is 11.5 Å². The molecule has 5 rings (SSSR count). The summed E-state index contributed by atoms with van der Waals surface area (Å²) in [5.74, 6) is -0.453. The van der Waals surface area contributed by atoms with Crippen LogP contribution in [0.3, 0.4) is 0 Å². The number of anilines is 1. The summed E-state index contributed by atoms with van der Waals surface area (Å²) < 4.78 is 1.41. The van der Waals surface area contributed by atoms with E-state index in [1.165, 1.54) is 4.57 Å². The highest BCUT2D eigenvalue weighted by Crippen LogP contribution is 2.47. The molecule has 2 aliphatic heterocycles. The van der Waals surface area contributed by atoms with E-state index in [4.69, 9.17) is 5.73 Å². The van der Waals surface area contributed by atoms with E-state index < -0.39 is 11.4 Å². The van der Waals surface area contributed by atoms with Crippen molar-refractivity contribution in [2.75, 3.05) is 5.73 Å². The molecule has 7 heteroatoms. The largest absolute Gasteiger partial charge is 0.398 e. The number of nitrogen functional groups attached to an aromatic ring is 1. The molecule has 0 spiro atoms. The molecule has 2 bridgehead atoms. The van der Waals surface area contributed by atoms with Crippen LogP contribution < -0.4 is 16.6 Å². The van der Waals surface area contributed by atoms with Gasteiger partial charge >= 0.3 is 0 Å². The maximum absolute atomic E-state index is 12.9. The summed E-state index contributed by atoms with van der Waals surface area (Å²) in [5.41, 5.74) is 5.42. The fourth-order valence-electron chi connectivity index (χ4n) is 3.61. The van der Waals surface area contributed by atoms with Gasteiger partial charge in [-0.05, 0) is 31.9 Å². The quantitative estimate of drug-likeness (QED) is 0.571. The monoisotopic (exact) mass is 298 g/mol. The van der Waals surface area contributed by atoms with Crippen LogP contribution in [0.4, 0.5) is 5.69 Å². The third-order valence-electron chi connectivity index (χ3n) is 4.72. The van der Waals surface area contributed by atoms with Crippen LogP contribution in [-0.4, -0.2) is 21.4 Å². The molecular formula is C15H14N4O3. The van der Waals surface area contributed by atoms with E-state index in [2.05, 4.69) is 10.3 Å². The number of aryl methyl sites for hydroxylation is 1. The highest BCUT2D eigenvalue weighted by molar-refractivity contribution is 6.06. The Morgan fingerprint density at radius 1 is 1.32 bits per heavy atom. The van der Waals surface area contributed by atoms with Gasteiger partial charge in [0.05, 0.1) is 10.9 Å². The van der Waals surface area contributed by atoms with Crippen molar-refractivity contribution in [3.8, 4) is 0 Å². The van der Waals surface area contributed by atoms with Crippen molar-refractivity contribution in [3.63, 3.8) is 0 Å². The number of benzene rings is 1. The lowest BCUT2D eigenvalue weighted by Crippen LogP contribution is -2.69. The van der Waals surface area contributed by atoms with Gasteiger partial charge in [-0.25, -0.2) is 4.98 Å². The molecule has 1 aromatic heterocycles. The van der Waals surface area contributed by atoms with Gasteiger partial charge in [0, 0.05) is 11.6 Å². The predicted octanol–water partition coefficient (Wildman–Crippen LogP) is 0.0488. The van der Waals surface area contributed by atoms with Crippen LogP contribution in [0.25, 0.3) is 10.9 Å². The van der Waals surface area contributed by atoms with E-state index >= 15 is 0 Å². The molecule has 0 atom stereocenters. The lowest BCUT2D eigenvalue weighted by Gasteiger charge is -2.50. The molecule has 2 aromatic rings. The number of carbonyl (C=O) groups is 2. The summed E-state index contributed by atoms with van der Waals surface area (Å²) >= 11 is 0. The molecule has 3 N–H and O–H groups in total. The normalized spacial score (nSPS) is 26.7. The molecule has 3 heterocycles. The molecule has 22 heavy (non-hydrogen) atoms. The molecule has 112 valence electrons. The lowest BCUT2D eigenvalue weighted by atomic mass is 9.64. The van der Waals surface area contributed by atoms with Crippen molar-refractivity contribution in [2.45, 2.75) is 25.3 Å². The first kappa shape index (κ1) is 13.0. The SMILES string of the molecule is Cc1nc2cccc(N)c2c(=O)n1C12CC(C1)C(=O)NC2=O. The van der Waals surface area contributed by atoms with E-state index in [-0.39, 0.29) is 17.4 Å². The Balaban J connectivity index is 2.01. The van der Waals surface area contributed by atoms with Crippen molar-refractivity contribution in [2.24, 2.45) is 5.92 Å². The van der Waals surface area contributed by atoms with Crippen LogP contribution >= 0.6 is 0 Å². The molecule has 2 saturated heterocycles. The zero-order valence-electron chi connectivity index (χ0n) is 11.9. The molecule has 3 aliphatic rings. The van der Waals surface area contributed by atoms with E-state index in [0.29, 0.717) is 35.3 Å². The number of hydrogen-bond acceptors (Lipinski definition) is 5. The molecule has 1 aliphatic carbocycles. The number of nitrogens with zero attached hydrogens (tertiary/aromatic N) is 2. The van der Waals surface area contributed by atoms with Crippen molar-refractivity contribution >= 4 is 28.4 Å². The summed E-state index contributed by atoms with van der Waals surface area (Å²) in [6.45, 7) is 1.69. The third kappa shape index (κ3) is 1.40. The number of nitrogens with one attached hydrogen (secondary N) is 1. The Labute approximate surface area is 125 Å². The van der Waals surface area contributed by atoms with Gasteiger partial charge in [-0.3, -0.25) is 24.3 Å². The molecule has 1 saturated carbocycles. The van der Waals surface area contributed by atoms with Gasteiger partial charge in [-0.2, -0.15) is 0 Å². The zero-order valence-corrected chi connectivity index (χ0v) is 11.9. The number of amides is 2. The second-order valence-corrected chi connectivity index (χ2v) is 6.00. The number of rotatable bonds is 1.